The summed E-state index contributed by atoms with van der Waals surface area (Å²) in [6.45, 7) is 1.90. The van der Waals surface area contributed by atoms with Gasteiger partial charge in [0.05, 0.1) is 36.1 Å². The lowest BCUT2D eigenvalue weighted by molar-refractivity contribution is -0.134. The van der Waals surface area contributed by atoms with E-state index in [0.29, 0.717) is 18.0 Å². The summed E-state index contributed by atoms with van der Waals surface area (Å²) in [6, 6.07) is 20.7. The monoisotopic (exact) mass is 502 g/mol. The quantitative estimate of drug-likeness (QED) is 0.436. The Morgan fingerprint density at radius 2 is 1.62 bits per heavy atom. The van der Waals surface area contributed by atoms with Crippen LogP contribution in [0.25, 0.3) is 0 Å². The van der Waals surface area contributed by atoms with Crippen LogP contribution in [0.5, 0.6) is 5.88 Å². The van der Waals surface area contributed by atoms with Gasteiger partial charge in [-0.1, -0.05) is 48.5 Å². The van der Waals surface area contributed by atoms with E-state index in [0.717, 1.165) is 53.4 Å². The number of carboxylic acid groups (broad SMARTS) is 2. The first-order valence-corrected chi connectivity index (χ1v) is 11.6. The first-order chi connectivity index (χ1) is 17.8. The van der Waals surface area contributed by atoms with E-state index in [1.165, 1.54) is 0 Å². The minimum absolute atomic E-state index is 0.558. The van der Waals surface area contributed by atoms with Gasteiger partial charge in [0.15, 0.2) is 0 Å². The average Bonchev–Trinajstić information content (AvgIpc) is 3.02. The van der Waals surface area contributed by atoms with Gasteiger partial charge in [0, 0.05) is 35.9 Å². The molecule has 0 saturated heterocycles. The van der Waals surface area contributed by atoms with Crippen molar-refractivity contribution in [3.05, 3.63) is 90.1 Å². The fourth-order valence-electron chi connectivity index (χ4n) is 3.79. The number of aromatic nitrogens is 1. The first kappa shape index (κ1) is 27.1. The highest BCUT2D eigenvalue weighted by atomic mass is 16.5. The van der Waals surface area contributed by atoms with Crippen molar-refractivity contribution in [2.75, 3.05) is 39.2 Å². The van der Waals surface area contributed by atoms with Gasteiger partial charge in [-0.25, -0.2) is 19.6 Å². The van der Waals surface area contributed by atoms with Crippen molar-refractivity contribution in [3.8, 4) is 5.88 Å². The highest BCUT2D eigenvalue weighted by Crippen LogP contribution is 2.41. The van der Waals surface area contributed by atoms with Crippen LogP contribution in [-0.2, 0) is 9.59 Å². The molecule has 0 bridgehead atoms. The Labute approximate surface area is 216 Å². The van der Waals surface area contributed by atoms with E-state index in [-0.39, 0.29) is 0 Å². The second-order valence-corrected chi connectivity index (χ2v) is 8.38. The Morgan fingerprint density at radius 1 is 0.973 bits per heavy atom. The van der Waals surface area contributed by atoms with E-state index in [4.69, 9.17) is 19.9 Å². The predicted octanol–water partition coefficient (Wildman–Crippen LogP) is 4.37. The number of methoxy groups -OCH3 is 1. The molecule has 0 spiro atoms. The molecule has 1 aromatic heterocycles. The Kier molecular flexibility index (Phi) is 9.51. The number of pyridine rings is 1. The normalized spacial score (nSPS) is 12.1. The first-order valence-electron chi connectivity index (χ1n) is 11.6. The maximum atomic E-state index is 9.55. The zero-order chi connectivity index (χ0) is 26.8. The summed E-state index contributed by atoms with van der Waals surface area (Å²) in [5.41, 5.74) is 6.21. The molecule has 2 aromatic carbocycles. The lowest BCUT2D eigenvalue weighted by atomic mass is 10.00. The minimum atomic E-state index is -1.26. The number of benzene rings is 2. The largest absolute Gasteiger partial charge is 0.481 e. The Hall–Kier alpha value is -4.50. The summed E-state index contributed by atoms with van der Waals surface area (Å²) in [4.78, 5) is 33.2. The fourth-order valence-corrected chi connectivity index (χ4v) is 3.79. The van der Waals surface area contributed by atoms with Crippen LogP contribution in [0.3, 0.4) is 0 Å². The number of fused-ring (bicyclic) bond motifs is 2. The van der Waals surface area contributed by atoms with Gasteiger partial charge in [-0.2, -0.15) is 0 Å². The van der Waals surface area contributed by atoms with E-state index in [9.17, 15) is 9.59 Å². The summed E-state index contributed by atoms with van der Waals surface area (Å²) in [6.07, 6.45) is 4.02. The third kappa shape index (κ3) is 7.49. The summed E-state index contributed by atoms with van der Waals surface area (Å²) < 4.78 is 5.38. The number of nitrogens with zero attached hydrogens (tertiary/aromatic N) is 4. The molecule has 1 aliphatic heterocycles. The number of carboxylic acids is 2. The number of carbonyl (C=O) groups is 2. The minimum Gasteiger partial charge on any atom is -0.481 e. The van der Waals surface area contributed by atoms with E-state index in [2.05, 4.69) is 65.3 Å². The molecule has 0 fully saturated rings. The van der Waals surface area contributed by atoms with Crippen molar-refractivity contribution in [1.29, 1.82) is 0 Å². The van der Waals surface area contributed by atoms with Gasteiger partial charge in [-0.3, -0.25) is 0 Å². The number of anilines is 2. The maximum absolute atomic E-state index is 9.55. The SMILES string of the molecule is COc1cc2c(cn1)N(CCCN(C)C)c1ccccc1C(c1ccccc1)=N2.O=C(O)/C=C/C(=O)O. The van der Waals surface area contributed by atoms with E-state index in [1.807, 2.05) is 30.5 Å². The van der Waals surface area contributed by atoms with Gasteiger partial charge in [0.25, 0.3) is 0 Å². The van der Waals surface area contributed by atoms with Crippen molar-refractivity contribution in [1.82, 2.24) is 9.88 Å². The molecule has 192 valence electrons. The number of rotatable bonds is 8. The van der Waals surface area contributed by atoms with Crippen LogP contribution < -0.4 is 9.64 Å². The van der Waals surface area contributed by atoms with Crippen LogP contribution >= 0.6 is 0 Å². The average molecular weight is 503 g/mol. The molecule has 4 rings (SSSR count). The lowest BCUT2D eigenvalue weighted by Gasteiger charge is -2.27. The zero-order valence-electron chi connectivity index (χ0n) is 21.0. The topological polar surface area (TPSA) is 116 Å². The van der Waals surface area contributed by atoms with Crippen LogP contribution in [0.4, 0.5) is 17.1 Å². The van der Waals surface area contributed by atoms with Crippen molar-refractivity contribution in [2.45, 2.75) is 6.42 Å². The van der Waals surface area contributed by atoms with Crippen molar-refractivity contribution in [3.63, 3.8) is 0 Å². The smallest absolute Gasteiger partial charge is 0.328 e. The van der Waals surface area contributed by atoms with Crippen LogP contribution in [0.1, 0.15) is 17.5 Å². The highest BCUT2D eigenvalue weighted by Gasteiger charge is 2.24. The molecule has 1 aliphatic rings. The second kappa shape index (κ2) is 13.0. The van der Waals surface area contributed by atoms with Gasteiger partial charge in [-0.05, 0) is 33.1 Å². The number of aliphatic imine (C=N–C) groups is 1. The van der Waals surface area contributed by atoms with Crippen molar-refractivity contribution in [2.24, 2.45) is 4.99 Å². The molecular formula is C28H30N4O5. The molecule has 2 N–H and O–H groups in total. The van der Waals surface area contributed by atoms with Gasteiger partial charge in [0.1, 0.15) is 0 Å². The molecule has 3 aromatic rings. The van der Waals surface area contributed by atoms with Gasteiger partial charge < -0.3 is 24.7 Å². The summed E-state index contributed by atoms with van der Waals surface area (Å²) in [7, 11) is 5.84. The Bertz CT molecular complexity index is 1270. The molecular weight excluding hydrogens is 472 g/mol. The Balaban J connectivity index is 0.000000414. The third-order valence-electron chi connectivity index (χ3n) is 5.42. The van der Waals surface area contributed by atoms with Crippen LogP contribution in [0.15, 0.2) is 84.0 Å². The molecule has 9 heteroatoms. The van der Waals surface area contributed by atoms with Crippen molar-refractivity contribution >= 4 is 34.7 Å². The van der Waals surface area contributed by atoms with Gasteiger partial charge in [-0.15, -0.1) is 0 Å². The molecule has 0 saturated carbocycles. The van der Waals surface area contributed by atoms with E-state index in [1.54, 1.807) is 7.11 Å². The molecule has 2 heterocycles. The maximum Gasteiger partial charge on any atom is 0.328 e. The summed E-state index contributed by atoms with van der Waals surface area (Å²) in [5.74, 6) is -1.95. The molecule has 9 nitrogen and oxygen atoms in total. The van der Waals surface area contributed by atoms with Crippen LogP contribution in [0, 0.1) is 0 Å². The molecule has 0 unspecified atom stereocenters. The number of para-hydroxylation sites is 1. The number of ether oxygens (including phenoxy) is 1. The highest BCUT2D eigenvalue weighted by molar-refractivity contribution is 6.18. The molecule has 0 aliphatic carbocycles. The number of hydrogen-bond donors (Lipinski definition) is 2. The second-order valence-electron chi connectivity index (χ2n) is 8.38. The van der Waals surface area contributed by atoms with Crippen molar-refractivity contribution < 1.29 is 24.5 Å². The fraction of sp³-hybridized carbons (Fsp3) is 0.214. The number of hydrogen-bond acceptors (Lipinski definition) is 7. The molecule has 37 heavy (non-hydrogen) atoms. The third-order valence-corrected chi connectivity index (χ3v) is 5.42. The predicted molar refractivity (Wildman–Crippen MR) is 144 cm³/mol. The standard InChI is InChI=1S/C24H26N4O.C4H4O4/c1-27(2)14-9-15-28-21-13-8-7-12-19(21)24(18-10-5-4-6-11-18)26-20-16-23(29-3)25-17-22(20)28;5-3(6)1-2-4(7)8/h4-8,10-13,16-17H,9,14-15H2,1-3H3;1-2H,(H,5,6)(H,7,8)/b;2-1+. The van der Waals surface area contributed by atoms with E-state index < -0.39 is 11.9 Å². The molecule has 0 radical (unpaired) electrons. The molecule has 0 atom stereocenters. The zero-order valence-corrected chi connectivity index (χ0v) is 21.0. The van der Waals surface area contributed by atoms with E-state index >= 15 is 0 Å². The Morgan fingerprint density at radius 3 is 2.24 bits per heavy atom. The number of aliphatic carboxylic acids is 2. The van der Waals surface area contributed by atoms with Crippen LogP contribution in [0.2, 0.25) is 0 Å². The summed E-state index contributed by atoms with van der Waals surface area (Å²) in [5, 5.41) is 15.6. The lowest BCUT2D eigenvalue weighted by Crippen LogP contribution is -2.24. The molecule has 0 amide bonds. The van der Waals surface area contributed by atoms with Gasteiger partial charge >= 0.3 is 11.9 Å². The summed E-state index contributed by atoms with van der Waals surface area (Å²) >= 11 is 0. The van der Waals surface area contributed by atoms with Crippen LogP contribution in [-0.4, -0.2) is 72.0 Å². The van der Waals surface area contributed by atoms with Gasteiger partial charge in [0.2, 0.25) is 5.88 Å².